The lowest BCUT2D eigenvalue weighted by Gasteiger charge is -2.37. The van der Waals surface area contributed by atoms with Gasteiger partial charge >= 0.3 is 5.97 Å². The van der Waals surface area contributed by atoms with E-state index in [1.807, 2.05) is 70.2 Å². The third-order valence-electron chi connectivity index (χ3n) is 7.18. The second-order valence-electron chi connectivity index (χ2n) is 10.2. The van der Waals surface area contributed by atoms with Gasteiger partial charge in [-0.1, -0.05) is 24.3 Å². The number of ketones is 1. The third kappa shape index (κ3) is 6.17. The van der Waals surface area contributed by atoms with Crippen molar-refractivity contribution in [3.8, 4) is 17.2 Å². The molecular formula is C32H39NO7. The van der Waals surface area contributed by atoms with Gasteiger partial charge in [0, 0.05) is 35.6 Å². The number of nitrogens with one attached hydrogen (secondary N) is 1. The highest BCUT2D eigenvalue weighted by molar-refractivity contribution is 6.04. The Hall–Kier alpha value is -3.78. The van der Waals surface area contributed by atoms with Crippen LogP contribution in [0.3, 0.4) is 0 Å². The summed E-state index contributed by atoms with van der Waals surface area (Å²) in [5.41, 5.74) is 4.21. The smallest absolute Gasteiger partial charge is 0.336 e. The molecule has 214 valence electrons. The zero-order valence-corrected chi connectivity index (χ0v) is 24.2. The normalized spacial score (nSPS) is 18.8. The standard InChI is InChI=1S/C32H39NO7/c1-7-38-14-15-39-32(35)29-20(4)33-24-16-22(21-12-13-27(36-5)28(18-21)37-6)17-25(34)31(24)30(29)23-10-8-9-11-26(23)40-19(2)3/h8-13,18-19,22,30,33H,7,14-17H2,1-6H3/t22-,30-/m0/s1. The quantitative estimate of drug-likeness (QED) is 0.293. The van der Waals surface area contributed by atoms with E-state index in [1.165, 1.54) is 0 Å². The lowest BCUT2D eigenvalue weighted by molar-refractivity contribution is -0.140. The van der Waals surface area contributed by atoms with Crippen molar-refractivity contribution in [3.63, 3.8) is 0 Å². The maximum absolute atomic E-state index is 14.0. The molecule has 40 heavy (non-hydrogen) atoms. The topological polar surface area (TPSA) is 92.3 Å². The molecule has 4 rings (SSSR count). The summed E-state index contributed by atoms with van der Waals surface area (Å²) in [5, 5.41) is 3.40. The molecule has 2 atom stereocenters. The summed E-state index contributed by atoms with van der Waals surface area (Å²) < 4.78 is 28.0. The molecular weight excluding hydrogens is 510 g/mol. The number of rotatable bonds is 11. The van der Waals surface area contributed by atoms with Crippen LogP contribution < -0.4 is 19.5 Å². The van der Waals surface area contributed by atoms with Crippen LogP contribution in [0.5, 0.6) is 17.2 Å². The van der Waals surface area contributed by atoms with Crippen molar-refractivity contribution in [2.24, 2.45) is 0 Å². The van der Waals surface area contributed by atoms with Gasteiger partial charge < -0.3 is 29.0 Å². The molecule has 1 aliphatic heterocycles. The minimum absolute atomic E-state index is 0.0231. The van der Waals surface area contributed by atoms with Gasteiger partial charge in [-0.05, 0) is 63.8 Å². The SMILES string of the molecule is CCOCCOC(=O)C1=C(C)NC2=C(C(=O)C[C@@H](c3ccc(OC)c(OC)c3)C2)[C@H]1c1ccccc1OC(C)C. The number of methoxy groups -OCH3 is 2. The molecule has 0 spiro atoms. The van der Waals surface area contributed by atoms with Crippen LogP contribution in [-0.4, -0.2) is 51.9 Å². The molecule has 0 saturated carbocycles. The first-order valence-corrected chi connectivity index (χ1v) is 13.7. The molecule has 0 fully saturated rings. The second-order valence-corrected chi connectivity index (χ2v) is 10.2. The number of carbonyl (C=O) groups is 2. The molecule has 1 aliphatic carbocycles. The van der Waals surface area contributed by atoms with Gasteiger partial charge in [0.15, 0.2) is 17.3 Å². The zero-order valence-electron chi connectivity index (χ0n) is 24.2. The lowest BCUT2D eigenvalue weighted by atomic mass is 9.71. The number of benzene rings is 2. The van der Waals surface area contributed by atoms with Crippen LogP contribution in [-0.2, 0) is 19.1 Å². The molecule has 0 bridgehead atoms. The van der Waals surface area contributed by atoms with Crippen LogP contribution in [0.25, 0.3) is 0 Å². The van der Waals surface area contributed by atoms with Crippen LogP contribution in [0.1, 0.15) is 63.5 Å². The molecule has 1 N–H and O–H groups in total. The summed E-state index contributed by atoms with van der Waals surface area (Å²) >= 11 is 0. The number of para-hydroxylation sites is 1. The van der Waals surface area contributed by atoms with Gasteiger partial charge in [0.1, 0.15) is 12.4 Å². The summed E-state index contributed by atoms with van der Waals surface area (Å²) in [6.07, 6.45) is 0.815. The molecule has 2 aliphatic rings. The van der Waals surface area contributed by atoms with Gasteiger partial charge in [0.2, 0.25) is 0 Å². The molecule has 0 aromatic heterocycles. The monoisotopic (exact) mass is 549 g/mol. The first kappa shape index (κ1) is 29.2. The van der Waals surface area contributed by atoms with Gasteiger partial charge in [-0.2, -0.15) is 0 Å². The van der Waals surface area contributed by atoms with E-state index < -0.39 is 11.9 Å². The van der Waals surface area contributed by atoms with Gasteiger partial charge in [0.25, 0.3) is 0 Å². The van der Waals surface area contributed by atoms with E-state index >= 15 is 0 Å². The highest BCUT2D eigenvalue weighted by Crippen LogP contribution is 2.48. The zero-order chi connectivity index (χ0) is 28.8. The molecule has 0 saturated heterocycles. The Morgan fingerprint density at radius 2 is 1.75 bits per heavy atom. The minimum atomic E-state index is -0.621. The van der Waals surface area contributed by atoms with Crippen molar-refractivity contribution in [1.82, 2.24) is 5.32 Å². The molecule has 0 unspecified atom stereocenters. The number of allylic oxidation sites excluding steroid dienone is 3. The van der Waals surface area contributed by atoms with Crippen molar-refractivity contribution < 1.29 is 33.3 Å². The third-order valence-corrected chi connectivity index (χ3v) is 7.18. The first-order chi connectivity index (χ1) is 19.3. The summed E-state index contributed by atoms with van der Waals surface area (Å²) in [6.45, 7) is 8.61. The van der Waals surface area contributed by atoms with E-state index in [9.17, 15) is 9.59 Å². The number of Topliss-reactive ketones (excluding diaryl/α,β-unsaturated/α-hetero) is 1. The van der Waals surface area contributed by atoms with E-state index in [1.54, 1.807) is 14.2 Å². The highest BCUT2D eigenvalue weighted by atomic mass is 16.6. The molecule has 0 radical (unpaired) electrons. The molecule has 8 nitrogen and oxygen atoms in total. The van der Waals surface area contributed by atoms with Crippen molar-refractivity contribution in [1.29, 1.82) is 0 Å². The van der Waals surface area contributed by atoms with Crippen molar-refractivity contribution in [2.45, 2.75) is 58.5 Å². The summed E-state index contributed by atoms with van der Waals surface area (Å²) in [5.74, 6) is 0.712. The van der Waals surface area contributed by atoms with Crippen LogP contribution in [0, 0.1) is 0 Å². The number of carbonyl (C=O) groups excluding carboxylic acids is 2. The minimum Gasteiger partial charge on any atom is -0.493 e. The average Bonchev–Trinajstić information content (AvgIpc) is 2.94. The molecule has 2 aromatic carbocycles. The number of hydrogen-bond donors (Lipinski definition) is 1. The number of esters is 1. The van der Waals surface area contributed by atoms with E-state index in [0.717, 1.165) is 16.8 Å². The highest BCUT2D eigenvalue weighted by Gasteiger charge is 2.42. The van der Waals surface area contributed by atoms with Gasteiger partial charge in [0.05, 0.1) is 38.4 Å². The van der Waals surface area contributed by atoms with Crippen LogP contribution in [0.4, 0.5) is 0 Å². The van der Waals surface area contributed by atoms with Gasteiger partial charge in [-0.3, -0.25) is 4.79 Å². The Bertz CT molecular complexity index is 1310. The van der Waals surface area contributed by atoms with Crippen LogP contribution in [0.15, 0.2) is 65.0 Å². The van der Waals surface area contributed by atoms with Gasteiger partial charge in [-0.25, -0.2) is 4.79 Å². The molecule has 0 amide bonds. The van der Waals surface area contributed by atoms with Crippen LogP contribution in [0.2, 0.25) is 0 Å². The Balaban J connectivity index is 1.76. The summed E-state index contributed by atoms with van der Waals surface area (Å²) in [4.78, 5) is 27.5. The predicted octanol–water partition coefficient (Wildman–Crippen LogP) is 5.43. The van der Waals surface area contributed by atoms with Crippen molar-refractivity contribution in [2.75, 3.05) is 34.0 Å². The summed E-state index contributed by atoms with van der Waals surface area (Å²) in [6, 6.07) is 13.4. The fourth-order valence-electron chi connectivity index (χ4n) is 5.46. The van der Waals surface area contributed by atoms with E-state index in [0.29, 0.717) is 60.1 Å². The fourth-order valence-corrected chi connectivity index (χ4v) is 5.46. The Kier molecular flexibility index (Phi) is 9.53. The Morgan fingerprint density at radius 1 is 1.00 bits per heavy atom. The number of hydrogen-bond acceptors (Lipinski definition) is 8. The Morgan fingerprint density at radius 3 is 2.45 bits per heavy atom. The largest absolute Gasteiger partial charge is 0.493 e. The Labute approximate surface area is 236 Å². The first-order valence-electron chi connectivity index (χ1n) is 13.7. The molecule has 1 heterocycles. The second kappa shape index (κ2) is 13.0. The van der Waals surface area contributed by atoms with E-state index in [2.05, 4.69) is 5.32 Å². The predicted molar refractivity (Wildman–Crippen MR) is 152 cm³/mol. The van der Waals surface area contributed by atoms with Crippen molar-refractivity contribution in [3.05, 3.63) is 76.1 Å². The van der Waals surface area contributed by atoms with Gasteiger partial charge in [-0.15, -0.1) is 0 Å². The number of ether oxygens (including phenoxy) is 5. The maximum Gasteiger partial charge on any atom is 0.336 e. The van der Waals surface area contributed by atoms with Crippen LogP contribution >= 0.6 is 0 Å². The number of dihydropyridines is 1. The lowest BCUT2D eigenvalue weighted by Crippen LogP contribution is -2.36. The van der Waals surface area contributed by atoms with Crippen molar-refractivity contribution >= 4 is 11.8 Å². The van der Waals surface area contributed by atoms with E-state index in [4.69, 9.17) is 23.7 Å². The molecule has 8 heteroatoms. The fraction of sp³-hybridized carbons (Fsp3) is 0.438. The maximum atomic E-state index is 14.0. The van der Waals surface area contributed by atoms with E-state index in [-0.39, 0.29) is 24.4 Å². The molecule has 2 aromatic rings. The average molecular weight is 550 g/mol. The summed E-state index contributed by atoms with van der Waals surface area (Å²) in [7, 11) is 3.20.